The Morgan fingerprint density at radius 3 is 2.62 bits per heavy atom. The van der Waals surface area contributed by atoms with Crippen molar-refractivity contribution in [3.05, 3.63) is 67.9 Å². The first-order valence-corrected chi connectivity index (χ1v) is 9.50. The van der Waals surface area contributed by atoms with Crippen LogP contribution in [0.1, 0.15) is 10.4 Å². The predicted octanol–water partition coefficient (Wildman–Crippen LogP) is 4.00. The summed E-state index contributed by atoms with van der Waals surface area (Å²) in [5.41, 5.74) is -0.115. The minimum Gasteiger partial charge on any atom is -0.258 e. The molecule has 9 heteroatoms. The van der Waals surface area contributed by atoms with Gasteiger partial charge in [-0.25, -0.2) is 8.42 Å². The molecule has 0 saturated heterocycles. The number of thiophene rings is 1. The van der Waals surface area contributed by atoms with Gasteiger partial charge in [-0.1, -0.05) is 29.8 Å². The molecule has 0 unspecified atom stereocenters. The largest absolute Gasteiger partial charge is 0.289 e. The van der Waals surface area contributed by atoms with Gasteiger partial charge in [0.1, 0.15) is 0 Å². The fraction of sp³-hybridized carbons (Fsp3) is 0.200. The zero-order valence-electron chi connectivity index (χ0n) is 12.8. The molecule has 0 saturated carbocycles. The van der Waals surface area contributed by atoms with E-state index in [1.54, 1.807) is 12.1 Å². The number of nitro groups is 1. The van der Waals surface area contributed by atoms with Crippen molar-refractivity contribution in [3.8, 4) is 0 Å². The zero-order chi connectivity index (χ0) is 17.9. The van der Waals surface area contributed by atoms with Crippen molar-refractivity contribution in [2.75, 3.05) is 6.54 Å². The quantitative estimate of drug-likeness (QED) is 0.409. The summed E-state index contributed by atoms with van der Waals surface area (Å²) in [7, 11) is -4.07. The monoisotopic (exact) mass is 386 g/mol. The van der Waals surface area contributed by atoms with Crippen LogP contribution >= 0.6 is 22.9 Å². The predicted molar refractivity (Wildman–Crippen MR) is 95.0 cm³/mol. The van der Waals surface area contributed by atoms with Gasteiger partial charge >= 0.3 is 0 Å². The molecule has 2 aromatic rings. The van der Waals surface area contributed by atoms with Crippen LogP contribution in [0.5, 0.6) is 0 Å². The number of aryl methyl sites for hydroxylation is 1. The fourth-order valence-electron chi connectivity index (χ4n) is 2.25. The van der Waals surface area contributed by atoms with Gasteiger partial charge in [-0.3, -0.25) is 10.1 Å². The van der Waals surface area contributed by atoms with Gasteiger partial charge in [0.25, 0.3) is 15.7 Å². The Hall–Kier alpha value is -1.74. The summed E-state index contributed by atoms with van der Waals surface area (Å²) in [5, 5.41) is 11.2. The normalized spacial score (nSPS) is 11.6. The molecule has 1 aromatic heterocycles. The number of hydrogen-bond donors (Lipinski definition) is 0. The summed E-state index contributed by atoms with van der Waals surface area (Å²) in [6, 6.07) is 7.59. The summed E-state index contributed by atoms with van der Waals surface area (Å²) in [5.74, 6) is 0. The Bertz CT molecular complexity index is 877. The Morgan fingerprint density at radius 1 is 1.38 bits per heavy atom. The number of sulfonamides is 1. The molecule has 0 N–H and O–H groups in total. The van der Waals surface area contributed by atoms with E-state index in [9.17, 15) is 18.5 Å². The second-order valence-electron chi connectivity index (χ2n) is 4.97. The molecule has 24 heavy (non-hydrogen) atoms. The third kappa shape index (κ3) is 3.84. The highest BCUT2D eigenvalue weighted by Crippen LogP contribution is 2.31. The number of nitrogens with zero attached hydrogens (tertiary/aromatic N) is 2. The van der Waals surface area contributed by atoms with E-state index in [-0.39, 0.29) is 18.0 Å². The molecule has 128 valence electrons. The molecule has 0 spiro atoms. The Balaban J connectivity index is 2.53. The molecular weight excluding hydrogens is 372 g/mol. The highest BCUT2D eigenvalue weighted by molar-refractivity contribution is 7.89. The number of benzene rings is 1. The maximum absolute atomic E-state index is 13.0. The molecule has 0 atom stereocenters. The van der Waals surface area contributed by atoms with Crippen molar-refractivity contribution in [1.82, 2.24) is 4.31 Å². The molecule has 1 heterocycles. The summed E-state index contributed by atoms with van der Waals surface area (Å²) >= 11 is 7.14. The summed E-state index contributed by atoms with van der Waals surface area (Å²) < 4.78 is 27.7. The standard InChI is InChI=1S/C15H15ClN2O4S2/c1-3-9-17(10-12-7-8-14(16)23-12)24(21,22)15-11(2)5-4-6-13(15)18(19)20/h3-8H,1,9-10H2,2H3. The van der Waals surface area contributed by atoms with Crippen molar-refractivity contribution >= 4 is 38.6 Å². The average molecular weight is 387 g/mol. The summed E-state index contributed by atoms with van der Waals surface area (Å²) in [6.07, 6.45) is 1.44. The first kappa shape index (κ1) is 18.6. The van der Waals surface area contributed by atoms with E-state index in [0.717, 1.165) is 9.18 Å². The average Bonchev–Trinajstić information content (AvgIpc) is 2.91. The number of rotatable bonds is 7. The Kier molecular flexibility index (Phi) is 5.76. The van der Waals surface area contributed by atoms with E-state index in [4.69, 9.17) is 11.6 Å². The second-order valence-corrected chi connectivity index (χ2v) is 8.65. The van der Waals surface area contributed by atoms with Gasteiger partial charge in [-0.15, -0.1) is 17.9 Å². The van der Waals surface area contributed by atoms with Crippen LogP contribution in [-0.2, 0) is 16.6 Å². The van der Waals surface area contributed by atoms with Crippen LogP contribution in [-0.4, -0.2) is 24.2 Å². The van der Waals surface area contributed by atoms with Crippen molar-refractivity contribution in [2.24, 2.45) is 0 Å². The van der Waals surface area contributed by atoms with Crippen molar-refractivity contribution in [1.29, 1.82) is 0 Å². The number of hydrogen-bond acceptors (Lipinski definition) is 5. The van der Waals surface area contributed by atoms with Crippen LogP contribution in [0, 0.1) is 17.0 Å². The summed E-state index contributed by atoms with van der Waals surface area (Å²) in [4.78, 5) is 11.0. The van der Waals surface area contributed by atoms with Crippen molar-refractivity contribution < 1.29 is 13.3 Å². The molecule has 6 nitrogen and oxygen atoms in total. The maximum atomic E-state index is 13.0. The van der Waals surface area contributed by atoms with Gasteiger partial charge < -0.3 is 0 Å². The lowest BCUT2D eigenvalue weighted by atomic mass is 10.2. The maximum Gasteiger partial charge on any atom is 0.289 e. The third-order valence-corrected chi connectivity index (χ3v) is 6.50. The van der Waals surface area contributed by atoms with Crippen LogP contribution in [0.25, 0.3) is 0 Å². The van der Waals surface area contributed by atoms with Gasteiger partial charge in [0.2, 0.25) is 0 Å². The summed E-state index contributed by atoms with van der Waals surface area (Å²) in [6.45, 7) is 5.21. The van der Waals surface area contributed by atoms with Crippen LogP contribution in [0.2, 0.25) is 4.34 Å². The van der Waals surface area contributed by atoms with Gasteiger partial charge in [0, 0.05) is 24.0 Å². The highest BCUT2D eigenvalue weighted by Gasteiger charge is 2.33. The van der Waals surface area contributed by atoms with Crippen LogP contribution in [0.3, 0.4) is 0 Å². The molecule has 0 aliphatic carbocycles. The molecule has 2 rings (SSSR count). The van der Waals surface area contributed by atoms with Gasteiger partial charge in [-0.05, 0) is 24.6 Å². The first-order valence-electron chi connectivity index (χ1n) is 6.86. The second kappa shape index (κ2) is 7.43. The SMILES string of the molecule is C=CCN(Cc1ccc(Cl)s1)S(=O)(=O)c1c(C)cccc1[N+](=O)[O-]. The van der Waals surface area contributed by atoms with E-state index in [1.807, 2.05) is 0 Å². The molecule has 0 radical (unpaired) electrons. The minimum atomic E-state index is -4.07. The lowest BCUT2D eigenvalue weighted by molar-refractivity contribution is -0.387. The molecule has 0 aliphatic heterocycles. The minimum absolute atomic E-state index is 0.0311. The van der Waals surface area contributed by atoms with E-state index in [0.29, 0.717) is 9.90 Å². The van der Waals surface area contributed by atoms with Crippen molar-refractivity contribution in [3.63, 3.8) is 0 Å². The van der Waals surface area contributed by atoms with Crippen LogP contribution < -0.4 is 0 Å². The van der Waals surface area contributed by atoms with Gasteiger partial charge in [0.15, 0.2) is 4.90 Å². The number of halogens is 1. The van der Waals surface area contributed by atoms with Crippen molar-refractivity contribution in [2.45, 2.75) is 18.4 Å². The molecule has 0 fully saturated rings. The smallest absolute Gasteiger partial charge is 0.258 e. The highest BCUT2D eigenvalue weighted by atomic mass is 35.5. The zero-order valence-corrected chi connectivity index (χ0v) is 15.2. The molecule has 1 aromatic carbocycles. The third-order valence-electron chi connectivity index (χ3n) is 3.28. The van der Waals surface area contributed by atoms with E-state index in [1.165, 1.54) is 42.5 Å². The van der Waals surface area contributed by atoms with Crippen LogP contribution in [0.4, 0.5) is 5.69 Å². The Morgan fingerprint density at radius 2 is 2.08 bits per heavy atom. The lowest BCUT2D eigenvalue weighted by Crippen LogP contribution is -2.31. The van der Waals surface area contributed by atoms with Gasteiger partial charge in [0.05, 0.1) is 9.26 Å². The first-order chi connectivity index (χ1) is 11.3. The van der Waals surface area contributed by atoms with E-state index < -0.39 is 20.6 Å². The number of nitro benzene ring substituents is 1. The fourth-order valence-corrected chi connectivity index (χ4v) is 5.18. The van der Waals surface area contributed by atoms with Gasteiger partial charge in [-0.2, -0.15) is 4.31 Å². The molecular formula is C15H15ClN2O4S2. The van der Waals surface area contributed by atoms with E-state index >= 15 is 0 Å². The topological polar surface area (TPSA) is 80.5 Å². The molecule has 0 amide bonds. The molecule has 0 aliphatic rings. The molecule has 0 bridgehead atoms. The lowest BCUT2D eigenvalue weighted by Gasteiger charge is -2.21. The van der Waals surface area contributed by atoms with Crippen LogP contribution in [0.15, 0.2) is 47.9 Å². The van der Waals surface area contributed by atoms with E-state index in [2.05, 4.69) is 6.58 Å². The Labute approximate surface area is 149 Å².